The van der Waals surface area contributed by atoms with Crippen LogP contribution in [0, 0.1) is 0 Å². The number of nitrogens with zero attached hydrogens (tertiary/aromatic N) is 5. The Balaban J connectivity index is 0.000000345. The average molecular weight is 784 g/mol. The SMILES string of the molecule is CC(C)(C)N1CCCC1.CC(C)(C)N1CCCOCC1.CC1(C)CN(C(C)(C)C)CCO1.CC1CN(C(C)(C)C)CCO1.C[C@@H]1CN(C(C)(C)C)C[C@H](C)O1. The molecule has 5 fully saturated rings. The summed E-state index contributed by atoms with van der Waals surface area (Å²) in [6.45, 7) is 59.6. The highest BCUT2D eigenvalue weighted by molar-refractivity contribution is 4.87. The maximum atomic E-state index is 5.67. The number of morpholine rings is 3. The lowest BCUT2D eigenvalue weighted by Gasteiger charge is -2.45. The fraction of sp³-hybridized carbons (Fsp3) is 1.00. The molecule has 5 aliphatic heterocycles. The fourth-order valence-corrected chi connectivity index (χ4v) is 7.55. The smallest absolute Gasteiger partial charge is 0.0753 e. The Labute approximate surface area is 343 Å². The van der Waals surface area contributed by atoms with Crippen molar-refractivity contribution in [3.8, 4) is 0 Å². The Morgan fingerprint density at radius 1 is 0.418 bits per heavy atom. The van der Waals surface area contributed by atoms with Gasteiger partial charge in [-0.25, -0.2) is 0 Å². The largest absolute Gasteiger partial charge is 0.380 e. The van der Waals surface area contributed by atoms with Crippen LogP contribution in [-0.4, -0.2) is 168 Å². The highest BCUT2D eigenvalue weighted by atomic mass is 16.5. The van der Waals surface area contributed by atoms with Crippen LogP contribution in [0.25, 0.3) is 0 Å². The van der Waals surface area contributed by atoms with Gasteiger partial charge in [0.05, 0.1) is 43.7 Å². The molecule has 0 spiro atoms. The molecule has 9 heteroatoms. The van der Waals surface area contributed by atoms with Gasteiger partial charge in [-0.15, -0.1) is 0 Å². The Morgan fingerprint density at radius 3 is 1.20 bits per heavy atom. The molecular weight excluding hydrogens is 687 g/mol. The van der Waals surface area contributed by atoms with E-state index in [0.29, 0.717) is 34.9 Å². The second-order valence-electron chi connectivity index (χ2n) is 22.3. The van der Waals surface area contributed by atoms with E-state index in [1.165, 1.54) is 38.9 Å². The van der Waals surface area contributed by atoms with E-state index in [-0.39, 0.29) is 16.7 Å². The van der Waals surface area contributed by atoms with Crippen molar-refractivity contribution in [2.75, 3.05) is 91.9 Å². The first-order valence-corrected chi connectivity index (χ1v) is 22.2. The van der Waals surface area contributed by atoms with Crippen LogP contribution in [0.3, 0.4) is 0 Å². The van der Waals surface area contributed by atoms with Gasteiger partial charge in [0.15, 0.2) is 0 Å². The van der Waals surface area contributed by atoms with E-state index in [1.807, 2.05) is 0 Å². The second kappa shape index (κ2) is 22.9. The van der Waals surface area contributed by atoms with Crippen LogP contribution in [0.4, 0.5) is 0 Å². The van der Waals surface area contributed by atoms with Gasteiger partial charge < -0.3 is 18.9 Å². The van der Waals surface area contributed by atoms with Gasteiger partial charge in [0.25, 0.3) is 0 Å². The normalized spacial score (nSPS) is 27.2. The van der Waals surface area contributed by atoms with Crippen molar-refractivity contribution in [1.29, 1.82) is 0 Å². The molecule has 0 aromatic rings. The highest BCUT2D eigenvalue weighted by Crippen LogP contribution is 2.24. The van der Waals surface area contributed by atoms with Crippen LogP contribution in [-0.2, 0) is 18.9 Å². The van der Waals surface area contributed by atoms with Gasteiger partial charge in [0.1, 0.15) is 0 Å². The first-order valence-electron chi connectivity index (χ1n) is 22.2. The van der Waals surface area contributed by atoms with E-state index in [2.05, 4.69) is 163 Å². The Kier molecular flexibility index (Phi) is 21.9. The predicted molar refractivity (Wildman–Crippen MR) is 237 cm³/mol. The van der Waals surface area contributed by atoms with Crippen molar-refractivity contribution in [2.24, 2.45) is 0 Å². The van der Waals surface area contributed by atoms with Gasteiger partial charge >= 0.3 is 0 Å². The standard InChI is InChI=1S/2C10H21NO.2C9H19NO.C8H17N/c1-8-6-11(10(3,4)5)7-9(2)12-8;1-9(2,3)11-6-7-12-10(4,5)8-11;1-8-7-10(5-6-11-8)9(2,3)4;1-9(2,3)10-5-4-7-11-8-6-10;1-8(2,3)9-6-4-5-7-9/h8-9H,6-7H2,1-5H3;6-8H2,1-5H3;8H,5-7H2,1-4H3;4-8H2,1-3H3;4-7H2,1-3H3/t8-,9+;;;;. The molecule has 9 nitrogen and oxygen atoms in total. The third-order valence-corrected chi connectivity index (χ3v) is 11.2. The summed E-state index contributed by atoms with van der Waals surface area (Å²) < 4.78 is 22.2. The molecule has 0 amide bonds. The molecule has 5 rings (SSSR count). The van der Waals surface area contributed by atoms with E-state index < -0.39 is 0 Å². The molecule has 55 heavy (non-hydrogen) atoms. The molecule has 0 saturated carbocycles. The Hall–Kier alpha value is -0.360. The first kappa shape index (κ1) is 52.7. The molecule has 5 saturated heterocycles. The van der Waals surface area contributed by atoms with Crippen LogP contribution >= 0.6 is 0 Å². The van der Waals surface area contributed by atoms with Crippen molar-refractivity contribution in [2.45, 2.75) is 209 Å². The summed E-state index contributed by atoms with van der Waals surface area (Å²) in [5.74, 6) is 0. The minimum atomic E-state index is 0.0333. The van der Waals surface area contributed by atoms with E-state index in [1.54, 1.807) is 0 Å². The third-order valence-electron chi connectivity index (χ3n) is 11.2. The summed E-state index contributed by atoms with van der Waals surface area (Å²) in [5.41, 5.74) is 1.63. The van der Waals surface area contributed by atoms with Crippen LogP contribution in [0.5, 0.6) is 0 Å². The molecule has 330 valence electrons. The summed E-state index contributed by atoms with van der Waals surface area (Å²) >= 11 is 0. The van der Waals surface area contributed by atoms with Crippen LogP contribution in [0.2, 0.25) is 0 Å². The maximum absolute atomic E-state index is 5.67. The van der Waals surface area contributed by atoms with Gasteiger partial charge in [-0.1, -0.05) is 0 Å². The first-order chi connectivity index (χ1) is 24.9. The molecule has 5 heterocycles. The van der Waals surface area contributed by atoms with Crippen LogP contribution in [0.1, 0.15) is 158 Å². The lowest BCUT2D eigenvalue weighted by atomic mass is 10.00. The lowest BCUT2D eigenvalue weighted by molar-refractivity contribution is -0.108. The van der Waals surface area contributed by atoms with Crippen molar-refractivity contribution >= 4 is 0 Å². The zero-order valence-electron chi connectivity index (χ0n) is 40.6. The van der Waals surface area contributed by atoms with Gasteiger partial charge in [0.2, 0.25) is 0 Å². The Morgan fingerprint density at radius 2 is 0.818 bits per heavy atom. The van der Waals surface area contributed by atoms with Crippen molar-refractivity contribution in [1.82, 2.24) is 24.5 Å². The quantitative estimate of drug-likeness (QED) is 0.240. The lowest BCUT2D eigenvalue weighted by Crippen LogP contribution is -2.55. The topological polar surface area (TPSA) is 53.1 Å². The molecule has 3 atom stereocenters. The monoisotopic (exact) mass is 784 g/mol. The van der Waals surface area contributed by atoms with Crippen molar-refractivity contribution in [3.05, 3.63) is 0 Å². The number of ether oxygens (including phenoxy) is 4. The molecule has 0 aromatic heterocycles. The zero-order valence-corrected chi connectivity index (χ0v) is 40.6. The summed E-state index contributed by atoms with van der Waals surface area (Å²) in [5, 5.41) is 0. The molecule has 0 aliphatic carbocycles. The maximum Gasteiger partial charge on any atom is 0.0753 e. The second-order valence-corrected chi connectivity index (χ2v) is 22.3. The average Bonchev–Trinajstić information content (AvgIpc) is 3.43. The minimum absolute atomic E-state index is 0.0333. The van der Waals surface area contributed by atoms with Gasteiger partial charge in [-0.3, -0.25) is 24.5 Å². The zero-order chi connectivity index (χ0) is 42.5. The van der Waals surface area contributed by atoms with Crippen LogP contribution in [0.15, 0.2) is 0 Å². The molecule has 1 unspecified atom stereocenters. The highest BCUT2D eigenvalue weighted by Gasteiger charge is 2.33. The van der Waals surface area contributed by atoms with E-state index >= 15 is 0 Å². The van der Waals surface area contributed by atoms with Crippen molar-refractivity contribution in [3.63, 3.8) is 0 Å². The number of rotatable bonds is 0. The third kappa shape index (κ3) is 22.6. The molecule has 0 aromatic carbocycles. The van der Waals surface area contributed by atoms with E-state index in [9.17, 15) is 0 Å². The number of likely N-dealkylation sites (tertiary alicyclic amines) is 1. The number of hydrogen-bond donors (Lipinski definition) is 0. The van der Waals surface area contributed by atoms with Gasteiger partial charge in [-0.05, 0) is 171 Å². The van der Waals surface area contributed by atoms with E-state index in [4.69, 9.17) is 18.9 Å². The molecular formula is C46H97N5O4. The summed E-state index contributed by atoms with van der Waals surface area (Å²) in [6.07, 6.45) is 5.15. The van der Waals surface area contributed by atoms with Crippen LogP contribution < -0.4 is 0 Å². The minimum Gasteiger partial charge on any atom is -0.380 e. The molecule has 0 N–H and O–H groups in total. The van der Waals surface area contributed by atoms with Gasteiger partial charge in [-0.2, -0.15) is 0 Å². The fourth-order valence-electron chi connectivity index (χ4n) is 7.55. The van der Waals surface area contributed by atoms with Gasteiger partial charge in [0, 0.05) is 86.7 Å². The van der Waals surface area contributed by atoms with Crippen molar-refractivity contribution < 1.29 is 18.9 Å². The summed E-state index contributed by atoms with van der Waals surface area (Å²) in [4.78, 5) is 12.5. The summed E-state index contributed by atoms with van der Waals surface area (Å²) in [6, 6.07) is 0. The molecule has 5 aliphatic rings. The number of hydrogen-bond acceptors (Lipinski definition) is 9. The predicted octanol–water partition coefficient (Wildman–Crippen LogP) is 8.68. The molecule has 0 bridgehead atoms. The summed E-state index contributed by atoms with van der Waals surface area (Å²) in [7, 11) is 0. The molecule has 0 radical (unpaired) electrons. The Bertz CT molecular complexity index is 968. The van der Waals surface area contributed by atoms with E-state index in [0.717, 1.165) is 72.2 Å².